The van der Waals surface area contributed by atoms with Crippen molar-refractivity contribution in [2.45, 2.75) is 50.6 Å². The zero-order valence-corrected chi connectivity index (χ0v) is 15.7. The highest BCUT2D eigenvalue weighted by Gasteiger charge is 2.71. The molecule has 3 heterocycles. The highest BCUT2D eigenvalue weighted by atomic mass is 16.5. The van der Waals surface area contributed by atoms with Crippen molar-refractivity contribution < 1.29 is 4.74 Å². The normalized spacial score (nSPS) is 30.7. The van der Waals surface area contributed by atoms with Gasteiger partial charge < -0.3 is 15.0 Å². The number of rotatable bonds is 4. The third-order valence-electron chi connectivity index (χ3n) is 6.68. The molecule has 0 amide bonds. The molecule has 2 N–H and O–H groups in total. The van der Waals surface area contributed by atoms with Gasteiger partial charge in [-0.1, -0.05) is 6.92 Å². The molecule has 26 heavy (non-hydrogen) atoms. The van der Waals surface area contributed by atoms with Crippen LogP contribution in [0.1, 0.15) is 37.6 Å². The van der Waals surface area contributed by atoms with E-state index in [1.807, 2.05) is 13.1 Å². The molecule has 0 unspecified atom stereocenters. The summed E-state index contributed by atoms with van der Waals surface area (Å²) in [5.74, 6) is 1.78. The Morgan fingerprint density at radius 2 is 1.92 bits per heavy atom. The Hall–Kier alpha value is -1.92. The molecule has 6 nitrogen and oxygen atoms in total. The molecule has 2 aromatic rings. The zero-order valence-electron chi connectivity index (χ0n) is 15.7. The molecule has 6 heteroatoms. The first-order valence-corrected chi connectivity index (χ1v) is 9.69. The van der Waals surface area contributed by atoms with Crippen molar-refractivity contribution in [1.29, 1.82) is 0 Å². The Bertz CT molecular complexity index is 832. The van der Waals surface area contributed by atoms with Crippen molar-refractivity contribution in [1.82, 2.24) is 19.4 Å². The molecule has 6 rings (SSSR count). The summed E-state index contributed by atoms with van der Waals surface area (Å²) in [6.07, 6.45) is 8.79. The molecule has 1 saturated heterocycles. The Balaban J connectivity index is 1.41. The van der Waals surface area contributed by atoms with Crippen LogP contribution in [-0.2, 0) is 16.7 Å². The van der Waals surface area contributed by atoms with Gasteiger partial charge >= 0.3 is 0 Å². The minimum Gasteiger partial charge on any atom is -0.383 e. The first-order valence-electron chi connectivity index (χ1n) is 9.69. The van der Waals surface area contributed by atoms with E-state index in [1.54, 1.807) is 0 Å². The molecule has 2 aromatic heterocycles. The van der Waals surface area contributed by atoms with Crippen molar-refractivity contribution >= 4 is 5.82 Å². The van der Waals surface area contributed by atoms with E-state index in [4.69, 9.17) is 15.5 Å². The lowest BCUT2D eigenvalue weighted by Gasteiger charge is -2.74. The second-order valence-electron chi connectivity index (χ2n) is 8.27. The van der Waals surface area contributed by atoms with Gasteiger partial charge in [-0.25, -0.2) is 9.97 Å². The van der Waals surface area contributed by atoms with E-state index >= 15 is 0 Å². The first-order chi connectivity index (χ1) is 12.6. The molecule has 0 atom stereocenters. The average Bonchev–Trinajstić information content (AvgIpc) is 3.00. The second-order valence-corrected chi connectivity index (χ2v) is 8.27. The van der Waals surface area contributed by atoms with E-state index in [1.165, 1.54) is 25.1 Å². The number of nitrogens with zero attached hydrogens (tertiary/aromatic N) is 4. The number of nitrogen functional groups attached to an aromatic ring is 1. The van der Waals surface area contributed by atoms with Crippen LogP contribution in [0.15, 0.2) is 18.5 Å². The van der Waals surface area contributed by atoms with Crippen LogP contribution in [0.4, 0.5) is 5.82 Å². The third kappa shape index (κ3) is 2.18. The quantitative estimate of drug-likeness (QED) is 0.914. The predicted octanol–water partition coefficient (Wildman–Crippen LogP) is 2.36. The summed E-state index contributed by atoms with van der Waals surface area (Å²) < 4.78 is 7.99. The van der Waals surface area contributed by atoms with Crippen LogP contribution in [0.3, 0.4) is 0 Å². The number of morpholine rings is 1. The van der Waals surface area contributed by atoms with Crippen LogP contribution in [0.25, 0.3) is 11.3 Å². The molecule has 4 fully saturated rings. The molecule has 0 radical (unpaired) electrons. The Labute approximate surface area is 154 Å². The zero-order chi connectivity index (χ0) is 17.9. The van der Waals surface area contributed by atoms with Crippen molar-refractivity contribution in [2.75, 3.05) is 32.0 Å². The fraction of sp³-hybridized carbons (Fsp3) is 0.600. The summed E-state index contributed by atoms with van der Waals surface area (Å²) >= 11 is 0. The van der Waals surface area contributed by atoms with E-state index in [2.05, 4.69) is 33.6 Å². The second kappa shape index (κ2) is 5.54. The number of nitrogens with two attached hydrogens (primary N) is 1. The van der Waals surface area contributed by atoms with E-state index in [9.17, 15) is 0 Å². The van der Waals surface area contributed by atoms with Crippen molar-refractivity contribution in [3.8, 4) is 11.3 Å². The van der Waals surface area contributed by atoms with Gasteiger partial charge in [0, 0.05) is 43.0 Å². The summed E-state index contributed by atoms with van der Waals surface area (Å²) in [7, 11) is 0. The maximum Gasteiger partial charge on any atom is 0.126 e. The van der Waals surface area contributed by atoms with Gasteiger partial charge in [0.1, 0.15) is 11.6 Å². The lowest BCUT2D eigenvalue weighted by Crippen LogP contribution is -2.79. The van der Waals surface area contributed by atoms with Gasteiger partial charge in [-0.2, -0.15) is 0 Å². The summed E-state index contributed by atoms with van der Waals surface area (Å²) in [5, 5.41) is 0. The number of hydrogen-bond donors (Lipinski definition) is 1. The highest BCUT2D eigenvalue weighted by molar-refractivity contribution is 5.61. The third-order valence-corrected chi connectivity index (χ3v) is 6.68. The topological polar surface area (TPSA) is 69.2 Å². The molecule has 3 saturated carbocycles. The van der Waals surface area contributed by atoms with Crippen LogP contribution in [-0.4, -0.2) is 51.3 Å². The van der Waals surface area contributed by atoms with Crippen molar-refractivity contribution in [3.63, 3.8) is 0 Å². The Morgan fingerprint density at radius 1 is 1.19 bits per heavy atom. The first kappa shape index (κ1) is 16.3. The molecular weight excluding hydrogens is 326 g/mol. The SMILES string of the molecule is CCc1nc(-c2cnc(N)c(C)c2)cn1C12CC(N3CCOCC3)(C1)C2. The number of anilines is 1. The van der Waals surface area contributed by atoms with Gasteiger partial charge in [-0.15, -0.1) is 0 Å². The Kier molecular flexibility index (Phi) is 3.46. The summed E-state index contributed by atoms with van der Waals surface area (Å²) in [4.78, 5) is 11.9. The monoisotopic (exact) mass is 353 g/mol. The molecule has 4 aliphatic rings. The molecule has 0 spiro atoms. The number of aryl methyl sites for hydroxylation is 2. The summed E-state index contributed by atoms with van der Waals surface area (Å²) in [6, 6.07) is 2.09. The lowest BCUT2D eigenvalue weighted by molar-refractivity contribution is -0.221. The molecule has 138 valence electrons. The predicted molar refractivity (Wildman–Crippen MR) is 101 cm³/mol. The van der Waals surface area contributed by atoms with Crippen LogP contribution in [0.5, 0.6) is 0 Å². The van der Waals surface area contributed by atoms with Gasteiger partial charge in [0.05, 0.1) is 24.4 Å². The van der Waals surface area contributed by atoms with Gasteiger partial charge in [-0.05, 0) is 37.8 Å². The largest absolute Gasteiger partial charge is 0.383 e. The summed E-state index contributed by atoms with van der Waals surface area (Å²) in [5.41, 5.74) is 9.66. The molecule has 1 aliphatic heterocycles. The van der Waals surface area contributed by atoms with Crippen molar-refractivity contribution in [2.24, 2.45) is 0 Å². The molecular formula is C20H27N5O. The van der Waals surface area contributed by atoms with Crippen molar-refractivity contribution in [3.05, 3.63) is 29.8 Å². The molecule has 3 aliphatic carbocycles. The number of hydrogen-bond acceptors (Lipinski definition) is 5. The average molecular weight is 353 g/mol. The maximum absolute atomic E-state index is 5.87. The minimum atomic E-state index is 0.283. The van der Waals surface area contributed by atoms with Gasteiger partial charge in [-0.3, -0.25) is 4.90 Å². The number of imidazole rings is 1. The van der Waals surface area contributed by atoms with E-state index < -0.39 is 0 Å². The standard InChI is InChI=1S/C20H27N5O/c1-3-17-23-16(15-8-14(2)18(21)22-9-15)10-25(17)20-11-19(12-20,13-20)24-4-6-26-7-5-24/h8-10H,3-7,11-13H2,1-2H3,(H2,21,22). The van der Waals surface area contributed by atoms with E-state index in [0.29, 0.717) is 11.4 Å². The van der Waals surface area contributed by atoms with Crippen LogP contribution >= 0.6 is 0 Å². The lowest BCUT2D eigenvalue weighted by atomic mass is 9.43. The van der Waals surface area contributed by atoms with Gasteiger partial charge in [0.2, 0.25) is 0 Å². The fourth-order valence-electron chi connectivity index (χ4n) is 5.25. The summed E-state index contributed by atoms with van der Waals surface area (Å²) in [6.45, 7) is 8.13. The van der Waals surface area contributed by atoms with Crippen LogP contribution in [0, 0.1) is 6.92 Å². The fourth-order valence-corrected chi connectivity index (χ4v) is 5.25. The highest BCUT2D eigenvalue weighted by Crippen LogP contribution is 2.68. The van der Waals surface area contributed by atoms with Gasteiger partial charge in [0.15, 0.2) is 0 Å². The van der Waals surface area contributed by atoms with E-state index in [0.717, 1.165) is 49.5 Å². The smallest absolute Gasteiger partial charge is 0.126 e. The van der Waals surface area contributed by atoms with E-state index in [-0.39, 0.29) is 5.54 Å². The molecule has 2 bridgehead atoms. The van der Waals surface area contributed by atoms with Gasteiger partial charge in [0.25, 0.3) is 0 Å². The maximum atomic E-state index is 5.87. The number of ether oxygens (including phenoxy) is 1. The number of pyridine rings is 1. The minimum absolute atomic E-state index is 0.283. The molecule has 0 aromatic carbocycles. The van der Waals surface area contributed by atoms with Crippen LogP contribution < -0.4 is 5.73 Å². The Morgan fingerprint density at radius 3 is 2.58 bits per heavy atom. The number of aromatic nitrogens is 3. The van der Waals surface area contributed by atoms with Crippen LogP contribution in [0.2, 0.25) is 0 Å².